The number of hydrogen-bond acceptors (Lipinski definition) is 2. The van der Waals surface area contributed by atoms with E-state index in [0.29, 0.717) is 5.96 Å². The molecule has 1 aromatic rings. The van der Waals surface area contributed by atoms with Gasteiger partial charge in [-0.25, -0.2) is 4.99 Å². The van der Waals surface area contributed by atoms with E-state index in [9.17, 15) is 0 Å². The molecule has 1 aromatic carbocycles. The summed E-state index contributed by atoms with van der Waals surface area (Å²) in [6.07, 6.45) is 21.7. The predicted molar refractivity (Wildman–Crippen MR) is 149 cm³/mol. The molecule has 34 heavy (non-hydrogen) atoms. The molecule has 0 amide bonds. The number of aliphatic hydroxyl groups excluding tert-OH is 1. The maximum Gasteiger partial charge on any atom is 0.218 e. The monoisotopic (exact) mass is 473 g/mol. The Kier molecular flexibility index (Phi) is 18.9. The molecule has 0 aliphatic carbocycles. The number of benzene rings is 1. The van der Waals surface area contributed by atoms with Crippen LogP contribution in [0.1, 0.15) is 110 Å². The van der Waals surface area contributed by atoms with Gasteiger partial charge in [-0.1, -0.05) is 121 Å². The Morgan fingerprint density at radius 3 is 1.68 bits per heavy atom. The Morgan fingerprint density at radius 1 is 0.735 bits per heavy atom. The van der Waals surface area contributed by atoms with Crippen molar-refractivity contribution in [3.8, 4) is 0 Å². The maximum atomic E-state index is 8.89. The number of rotatable bonds is 20. The second-order valence-electron chi connectivity index (χ2n) is 9.22. The molecule has 5 N–H and O–H groups in total. The van der Waals surface area contributed by atoms with Crippen LogP contribution in [-0.2, 0) is 0 Å². The van der Waals surface area contributed by atoms with Crippen molar-refractivity contribution < 1.29 is 5.11 Å². The average molecular weight is 474 g/mol. The lowest BCUT2D eigenvalue weighted by molar-refractivity contribution is 0.307. The SMILES string of the molecule is CCCCCCCCCCCCCCCCCCN(C(N)=NC(N)=NCCO)c1ccccc1. The number of nitrogens with two attached hydrogens (primary N) is 2. The van der Waals surface area contributed by atoms with E-state index in [1.165, 1.54) is 96.3 Å². The molecule has 0 fully saturated rings. The smallest absolute Gasteiger partial charge is 0.218 e. The standard InChI is InChI=1S/C28H51N5O/c1-2-3-4-5-6-7-8-9-10-11-12-13-14-15-16-20-24-33(26-21-18-17-19-22-26)28(30)32-27(29)31-23-25-34/h17-19,21-22,34H,2-16,20,23-25H2,1H3,(H4,29,30,31,32). The van der Waals surface area contributed by atoms with E-state index in [1.54, 1.807) is 0 Å². The van der Waals surface area contributed by atoms with E-state index in [1.807, 2.05) is 35.2 Å². The third-order valence-corrected chi connectivity index (χ3v) is 6.18. The molecule has 0 heterocycles. The minimum Gasteiger partial charge on any atom is -0.394 e. The van der Waals surface area contributed by atoms with Crippen LogP contribution in [0.4, 0.5) is 5.69 Å². The van der Waals surface area contributed by atoms with Gasteiger partial charge in [0.05, 0.1) is 13.2 Å². The highest BCUT2D eigenvalue weighted by Gasteiger charge is 2.11. The molecule has 6 heteroatoms. The normalized spacial score (nSPS) is 12.3. The van der Waals surface area contributed by atoms with Gasteiger partial charge in [-0.05, 0) is 18.6 Å². The van der Waals surface area contributed by atoms with Crippen molar-refractivity contribution in [3.63, 3.8) is 0 Å². The lowest BCUT2D eigenvalue weighted by Gasteiger charge is -2.23. The van der Waals surface area contributed by atoms with E-state index >= 15 is 0 Å². The number of aliphatic hydroxyl groups is 1. The number of anilines is 1. The van der Waals surface area contributed by atoms with Crippen molar-refractivity contribution in [2.75, 3.05) is 24.6 Å². The molecule has 0 saturated carbocycles. The molecule has 0 aromatic heterocycles. The average Bonchev–Trinajstić information content (AvgIpc) is 2.85. The lowest BCUT2D eigenvalue weighted by atomic mass is 10.0. The second-order valence-corrected chi connectivity index (χ2v) is 9.22. The predicted octanol–water partition coefficient (Wildman–Crippen LogP) is 6.38. The fraction of sp³-hybridized carbons (Fsp3) is 0.714. The summed E-state index contributed by atoms with van der Waals surface area (Å²) in [6.45, 7) is 3.25. The summed E-state index contributed by atoms with van der Waals surface area (Å²) in [4.78, 5) is 10.2. The number of para-hydroxylation sites is 1. The molecule has 6 nitrogen and oxygen atoms in total. The Hall–Kier alpha value is -2.08. The van der Waals surface area contributed by atoms with Gasteiger partial charge < -0.3 is 21.5 Å². The summed E-state index contributed by atoms with van der Waals surface area (Å²) < 4.78 is 0. The van der Waals surface area contributed by atoms with Crippen molar-refractivity contribution in [1.29, 1.82) is 0 Å². The van der Waals surface area contributed by atoms with Crippen molar-refractivity contribution in [2.24, 2.45) is 21.5 Å². The van der Waals surface area contributed by atoms with Crippen molar-refractivity contribution >= 4 is 17.6 Å². The number of unbranched alkanes of at least 4 members (excludes halogenated alkanes) is 15. The summed E-state index contributed by atoms with van der Waals surface area (Å²) in [5, 5.41) is 8.89. The molecule has 0 aliphatic heterocycles. The summed E-state index contributed by atoms with van der Waals surface area (Å²) >= 11 is 0. The number of guanidine groups is 2. The van der Waals surface area contributed by atoms with Gasteiger partial charge >= 0.3 is 0 Å². The van der Waals surface area contributed by atoms with Crippen LogP contribution in [0.15, 0.2) is 40.3 Å². The number of nitrogens with zero attached hydrogens (tertiary/aromatic N) is 3. The molecule has 0 atom stereocenters. The third-order valence-electron chi connectivity index (χ3n) is 6.18. The summed E-state index contributed by atoms with van der Waals surface area (Å²) in [6, 6.07) is 10.0. The Labute approximate surface area is 208 Å². The first kappa shape index (κ1) is 30.0. The quantitative estimate of drug-likeness (QED) is 0.116. The molecule has 194 valence electrons. The highest BCUT2D eigenvalue weighted by molar-refractivity contribution is 6.02. The molecular weight excluding hydrogens is 422 g/mol. The van der Waals surface area contributed by atoms with Gasteiger partial charge in [0.15, 0.2) is 0 Å². The molecule has 0 unspecified atom stereocenters. The molecule has 0 bridgehead atoms. The molecule has 0 saturated heterocycles. The third kappa shape index (κ3) is 15.7. The minimum atomic E-state index is -0.0578. The van der Waals surface area contributed by atoms with E-state index in [2.05, 4.69) is 16.9 Å². The van der Waals surface area contributed by atoms with Crippen LogP contribution in [0.3, 0.4) is 0 Å². The van der Waals surface area contributed by atoms with Crippen molar-refractivity contribution in [3.05, 3.63) is 30.3 Å². The van der Waals surface area contributed by atoms with Crippen LogP contribution in [0.25, 0.3) is 0 Å². The number of aliphatic imine (C=N–C) groups is 2. The van der Waals surface area contributed by atoms with Crippen LogP contribution in [0, 0.1) is 0 Å². The first-order valence-electron chi connectivity index (χ1n) is 13.8. The van der Waals surface area contributed by atoms with Crippen LogP contribution in [0.2, 0.25) is 0 Å². The zero-order valence-electron chi connectivity index (χ0n) is 21.8. The van der Waals surface area contributed by atoms with E-state index in [-0.39, 0.29) is 19.1 Å². The van der Waals surface area contributed by atoms with Crippen LogP contribution >= 0.6 is 0 Å². The zero-order chi connectivity index (χ0) is 24.7. The van der Waals surface area contributed by atoms with Gasteiger partial charge in [-0.3, -0.25) is 0 Å². The molecule has 0 spiro atoms. The highest BCUT2D eigenvalue weighted by atomic mass is 16.3. The van der Waals surface area contributed by atoms with E-state index < -0.39 is 0 Å². The summed E-state index contributed by atoms with van der Waals surface area (Å²) in [5.74, 6) is 0.436. The van der Waals surface area contributed by atoms with Gasteiger partial charge in [-0.2, -0.15) is 4.99 Å². The van der Waals surface area contributed by atoms with Crippen molar-refractivity contribution in [2.45, 2.75) is 110 Å². The Balaban J connectivity index is 2.17. The van der Waals surface area contributed by atoms with Gasteiger partial charge in [0.1, 0.15) is 0 Å². The zero-order valence-corrected chi connectivity index (χ0v) is 21.8. The van der Waals surface area contributed by atoms with Gasteiger partial charge in [0.2, 0.25) is 11.9 Å². The van der Waals surface area contributed by atoms with E-state index in [4.69, 9.17) is 16.6 Å². The fourth-order valence-electron chi connectivity index (χ4n) is 4.18. The second kappa shape index (κ2) is 21.5. The van der Waals surface area contributed by atoms with E-state index in [0.717, 1.165) is 18.7 Å². The molecule has 0 radical (unpaired) electrons. The lowest BCUT2D eigenvalue weighted by Crippen LogP contribution is -2.39. The summed E-state index contributed by atoms with van der Waals surface area (Å²) in [7, 11) is 0. The Morgan fingerprint density at radius 2 is 1.21 bits per heavy atom. The topological polar surface area (TPSA) is 100 Å². The fourth-order valence-corrected chi connectivity index (χ4v) is 4.18. The highest BCUT2D eigenvalue weighted by Crippen LogP contribution is 2.16. The van der Waals surface area contributed by atoms with Crippen LogP contribution < -0.4 is 16.4 Å². The molecule has 0 aliphatic rings. The first-order chi connectivity index (χ1) is 16.7. The van der Waals surface area contributed by atoms with Gasteiger partial charge in [0.25, 0.3) is 0 Å². The van der Waals surface area contributed by atoms with Crippen LogP contribution in [0.5, 0.6) is 0 Å². The molecule has 1 rings (SSSR count). The first-order valence-corrected chi connectivity index (χ1v) is 13.8. The maximum absolute atomic E-state index is 8.89. The van der Waals surface area contributed by atoms with Crippen molar-refractivity contribution in [1.82, 2.24) is 0 Å². The summed E-state index contributed by atoms with van der Waals surface area (Å²) in [5.41, 5.74) is 13.1. The van der Waals surface area contributed by atoms with Gasteiger partial charge in [-0.15, -0.1) is 0 Å². The largest absolute Gasteiger partial charge is 0.394 e. The Bertz CT molecular complexity index is 647. The minimum absolute atomic E-state index is 0.0578. The van der Waals surface area contributed by atoms with Crippen LogP contribution in [-0.4, -0.2) is 36.7 Å². The van der Waals surface area contributed by atoms with Gasteiger partial charge in [0, 0.05) is 12.2 Å². The number of hydrogen-bond donors (Lipinski definition) is 3. The molecular formula is C28H51N5O.